The van der Waals surface area contributed by atoms with E-state index in [0.29, 0.717) is 0 Å². The summed E-state index contributed by atoms with van der Waals surface area (Å²) in [6.07, 6.45) is 0. The molecule has 70 valence electrons. The van der Waals surface area contributed by atoms with Crippen LogP contribution in [0.1, 0.15) is 0 Å². The molecule has 0 atom stereocenters. The predicted octanol–water partition coefficient (Wildman–Crippen LogP) is 3.22. The number of anilines is 1. The number of thiol groups is 1. The van der Waals surface area contributed by atoms with Crippen LogP contribution in [0, 0.1) is 0 Å². The van der Waals surface area contributed by atoms with E-state index in [0.717, 1.165) is 21.7 Å². The zero-order chi connectivity index (χ0) is 9.97. The highest BCUT2D eigenvalue weighted by Crippen LogP contribution is 2.27. The lowest BCUT2D eigenvalue weighted by atomic mass is 10.0. The lowest BCUT2D eigenvalue weighted by molar-refractivity contribution is 1.47. The minimum Gasteiger partial charge on any atom is -0.398 e. The van der Waals surface area contributed by atoms with Crippen LogP contribution in [-0.4, -0.2) is 0 Å². The first-order chi connectivity index (χ1) is 6.77. The molecule has 0 bridgehead atoms. The summed E-state index contributed by atoms with van der Waals surface area (Å²) in [5, 5.41) is 0. The summed E-state index contributed by atoms with van der Waals surface area (Å²) in [5.74, 6) is 0. The van der Waals surface area contributed by atoms with Gasteiger partial charge in [0.2, 0.25) is 0 Å². The molecule has 2 rings (SSSR count). The van der Waals surface area contributed by atoms with E-state index in [2.05, 4.69) is 12.6 Å². The Kier molecular flexibility index (Phi) is 2.46. The number of nitrogen functional groups attached to an aromatic ring is 1. The van der Waals surface area contributed by atoms with Gasteiger partial charge in [-0.15, -0.1) is 12.6 Å². The largest absolute Gasteiger partial charge is 0.398 e. The SMILES string of the molecule is Nc1cc(S)ccc1-c1ccccc1. The average molecular weight is 201 g/mol. The van der Waals surface area contributed by atoms with Crippen LogP contribution in [0.5, 0.6) is 0 Å². The van der Waals surface area contributed by atoms with Crippen LogP contribution in [0.2, 0.25) is 0 Å². The fourth-order valence-corrected chi connectivity index (χ4v) is 1.64. The molecule has 0 radical (unpaired) electrons. The minimum atomic E-state index is 0.767. The van der Waals surface area contributed by atoms with Crippen molar-refractivity contribution in [3.63, 3.8) is 0 Å². The first-order valence-corrected chi connectivity index (χ1v) is 4.86. The molecule has 0 aliphatic rings. The van der Waals surface area contributed by atoms with E-state index in [1.807, 2.05) is 48.5 Å². The van der Waals surface area contributed by atoms with Gasteiger partial charge < -0.3 is 5.73 Å². The molecule has 0 aromatic heterocycles. The van der Waals surface area contributed by atoms with Crippen LogP contribution >= 0.6 is 12.6 Å². The van der Waals surface area contributed by atoms with Gasteiger partial charge >= 0.3 is 0 Å². The first kappa shape index (κ1) is 9.16. The average Bonchev–Trinajstić information content (AvgIpc) is 2.19. The van der Waals surface area contributed by atoms with Crippen LogP contribution in [0.3, 0.4) is 0 Å². The molecule has 0 aliphatic carbocycles. The van der Waals surface area contributed by atoms with Crippen molar-refractivity contribution < 1.29 is 0 Å². The lowest BCUT2D eigenvalue weighted by Crippen LogP contribution is -1.89. The van der Waals surface area contributed by atoms with Gasteiger partial charge in [-0.2, -0.15) is 0 Å². The molecule has 2 N–H and O–H groups in total. The number of nitrogens with two attached hydrogens (primary N) is 1. The van der Waals surface area contributed by atoms with Crippen LogP contribution in [-0.2, 0) is 0 Å². The quantitative estimate of drug-likeness (QED) is 0.537. The molecule has 0 saturated carbocycles. The van der Waals surface area contributed by atoms with E-state index < -0.39 is 0 Å². The van der Waals surface area contributed by atoms with Crippen LogP contribution in [0.25, 0.3) is 11.1 Å². The Morgan fingerprint density at radius 1 is 0.929 bits per heavy atom. The molecule has 2 heteroatoms. The molecule has 1 nitrogen and oxygen atoms in total. The van der Waals surface area contributed by atoms with Gasteiger partial charge in [0.05, 0.1) is 0 Å². The normalized spacial score (nSPS) is 10.1. The van der Waals surface area contributed by atoms with Gasteiger partial charge in [-0.1, -0.05) is 36.4 Å². The number of hydrogen-bond acceptors (Lipinski definition) is 2. The maximum atomic E-state index is 5.90. The Balaban J connectivity index is 2.53. The van der Waals surface area contributed by atoms with Gasteiger partial charge in [-0.3, -0.25) is 0 Å². The molecule has 0 aliphatic heterocycles. The lowest BCUT2D eigenvalue weighted by Gasteiger charge is -2.05. The fraction of sp³-hybridized carbons (Fsp3) is 0. The van der Waals surface area contributed by atoms with Gasteiger partial charge in [0, 0.05) is 16.1 Å². The molecule has 0 fully saturated rings. The highest BCUT2D eigenvalue weighted by molar-refractivity contribution is 7.80. The van der Waals surface area contributed by atoms with E-state index in [1.54, 1.807) is 0 Å². The standard InChI is InChI=1S/C12H11NS/c13-12-8-10(14)6-7-11(12)9-4-2-1-3-5-9/h1-8,14H,13H2. The first-order valence-electron chi connectivity index (χ1n) is 4.41. The smallest absolute Gasteiger partial charge is 0.0404 e. The second-order valence-electron chi connectivity index (χ2n) is 3.14. The third-order valence-corrected chi connectivity index (χ3v) is 2.40. The van der Waals surface area contributed by atoms with Crippen molar-refractivity contribution in [2.45, 2.75) is 4.90 Å². The molecule has 14 heavy (non-hydrogen) atoms. The Morgan fingerprint density at radius 2 is 1.64 bits per heavy atom. The predicted molar refractivity (Wildman–Crippen MR) is 63.5 cm³/mol. The number of rotatable bonds is 1. The second kappa shape index (κ2) is 3.76. The maximum absolute atomic E-state index is 5.90. The van der Waals surface area contributed by atoms with Crippen molar-refractivity contribution in [2.75, 3.05) is 5.73 Å². The maximum Gasteiger partial charge on any atom is 0.0404 e. The molecule has 0 heterocycles. The summed E-state index contributed by atoms with van der Waals surface area (Å²) < 4.78 is 0. The summed E-state index contributed by atoms with van der Waals surface area (Å²) in [7, 11) is 0. The molecule has 2 aromatic carbocycles. The summed E-state index contributed by atoms with van der Waals surface area (Å²) >= 11 is 4.23. The van der Waals surface area contributed by atoms with Gasteiger partial charge in [0.15, 0.2) is 0 Å². The van der Waals surface area contributed by atoms with Crippen molar-refractivity contribution in [1.29, 1.82) is 0 Å². The Bertz CT molecular complexity index is 437. The van der Waals surface area contributed by atoms with E-state index in [4.69, 9.17) is 5.73 Å². The number of benzene rings is 2. The zero-order valence-corrected chi connectivity index (χ0v) is 8.54. The minimum absolute atomic E-state index is 0.767. The second-order valence-corrected chi connectivity index (χ2v) is 3.65. The molecule has 0 saturated heterocycles. The van der Waals surface area contributed by atoms with Crippen molar-refractivity contribution >= 4 is 18.3 Å². The number of hydrogen-bond donors (Lipinski definition) is 2. The molecule has 0 unspecified atom stereocenters. The zero-order valence-electron chi connectivity index (χ0n) is 7.64. The van der Waals surface area contributed by atoms with Crippen LogP contribution in [0.15, 0.2) is 53.4 Å². The Hall–Kier alpha value is -1.41. The van der Waals surface area contributed by atoms with Gasteiger partial charge in [0.1, 0.15) is 0 Å². The third-order valence-electron chi connectivity index (χ3n) is 2.12. The van der Waals surface area contributed by atoms with Crippen molar-refractivity contribution in [3.8, 4) is 11.1 Å². The Labute approximate surface area is 89.0 Å². The summed E-state index contributed by atoms with van der Waals surface area (Å²) in [4.78, 5) is 0.891. The monoisotopic (exact) mass is 201 g/mol. The van der Waals surface area contributed by atoms with Crippen LogP contribution < -0.4 is 5.73 Å². The molecular weight excluding hydrogens is 190 g/mol. The highest BCUT2D eigenvalue weighted by atomic mass is 32.1. The summed E-state index contributed by atoms with van der Waals surface area (Å²) in [6, 6.07) is 15.9. The van der Waals surface area contributed by atoms with E-state index in [1.165, 1.54) is 0 Å². The topological polar surface area (TPSA) is 26.0 Å². The fourth-order valence-electron chi connectivity index (χ4n) is 1.43. The van der Waals surface area contributed by atoms with Gasteiger partial charge in [-0.25, -0.2) is 0 Å². The van der Waals surface area contributed by atoms with Crippen LogP contribution in [0.4, 0.5) is 5.69 Å². The summed E-state index contributed by atoms with van der Waals surface area (Å²) in [6.45, 7) is 0. The van der Waals surface area contributed by atoms with E-state index in [9.17, 15) is 0 Å². The molecule has 0 spiro atoms. The Morgan fingerprint density at radius 3 is 2.29 bits per heavy atom. The molecule has 2 aromatic rings. The van der Waals surface area contributed by atoms with E-state index >= 15 is 0 Å². The third kappa shape index (κ3) is 1.75. The molecule has 0 amide bonds. The van der Waals surface area contributed by atoms with Crippen molar-refractivity contribution in [2.24, 2.45) is 0 Å². The summed E-state index contributed by atoms with van der Waals surface area (Å²) in [5.41, 5.74) is 8.87. The van der Waals surface area contributed by atoms with Crippen molar-refractivity contribution in [3.05, 3.63) is 48.5 Å². The molecular formula is C12H11NS. The van der Waals surface area contributed by atoms with Gasteiger partial charge in [0.25, 0.3) is 0 Å². The van der Waals surface area contributed by atoms with E-state index in [-0.39, 0.29) is 0 Å². The van der Waals surface area contributed by atoms with Gasteiger partial charge in [-0.05, 0) is 17.7 Å². The highest BCUT2D eigenvalue weighted by Gasteiger charge is 2.01. The van der Waals surface area contributed by atoms with Crippen molar-refractivity contribution in [1.82, 2.24) is 0 Å².